The number of ether oxygens (including phenoxy) is 1. The van der Waals surface area contributed by atoms with E-state index in [1.807, 2.05) is 48.5 Å². The molecule has 5 nitrogen and oxygen atoms in total. The third-order valence-corrected chi connectivity index (χ3v) is 6.01. The van der Waals surface area contributed by atoms with Crippen molar-refractivity contribution in [3.8, 4) is 5.75 Å². The van der Waals surface area contributed by atoms with E-state index in [4.69, 9.17) is 22.1 Å². The van der Waals surface area contributed by atoms with E-state index < -0.39 is 11.9 Å². The van der Waals surface area contributed by atoms with Crippen LogP contribution in [0.1, 0.15) is 45.6 Å². The molecule has 2 amide bonds. The fraction of sp³-hybridized carbons (Fsp3) is 0.200. The van der Waals surface area contributed by atoms with Crippen LogP contribution in [0.15, 0.2) is 72.8 Å². The average molecular weight is 435 g/mol. The molecule has 0 aliphatic heterocycles. The van der Waals surface area contributed by atoms with Gasteiger partial charge in [-0.15, -0.1) is 0 Å². The number of amides is 2. The normalized spacial score (nSPS) is 15.7. The van der Waals surface area contributed by atoms with Crippen molar-refractivity contribution in [2.45, 2.75) is 24.9 Å². The van der Waals surface area contributed by atoms with Crippen molar-refractivity contribution in [2.75, 3.05) is 7.11 Å². The number of benzene rings is 3. The second-order valence-electron chi connectivity index (χ2n) is 7.53. The first-order valence-corrected chi connectivity index (χ1v) is 10.5. The lowest BCUT2D eigenvalue weighted by molar-refractivity contribution is -0.123. The molecule has 0 saturated carbocycles. The molecule has 3 aromatic rings. The number of nitrogens with zero attached hydrogens (tertiary/aromatic N) is 1. The Kier molecular flexibility index (Phi) is 5.96. The largest absolute Gasteiger partial charge is 0.495 e. The van der Waals surface area contributed by atoms with E-state index in [0.717, 1.165) is 17.5 Å². The minimum absolute atomic E-state index is 0.250. The van der Waals surface area contributed by atoms with Gasteiger partial charge in [-0.05, 0) is 53.8 Å². The molecule has 1 aliphatic carbocycles. The molecule has 158 valence electrons. The maximum atomic E-state index is 13.7. The standard InChI is InChI=1S/C25H23ClN2O3/c1-31-22-15-19-18(14-20(22)26)12-13-21(19)28(25(30)17-10-6-3-7-11-17)23(24(27)29)16-8-4-2-5-9-16/h2-11,14-15,21,23H,12-13H2,1H3,(H2,27,29)/t21-,23-/m1/s1. The fourth-order valence-electron chi connectivity index (χ4n) is 4.30. The lowest BCUT2D eigenvalue weighted by Crippen LogP contribution is -2.43. The van der Waals surface area contributed by atoms with Gasteiger partial charge in [0.2, 0.25) is 5.91 Å². The van der Waals surface area contributed by atoms with E-state index in [1.165, 1.54) is 0 Å². The summed E-state index contributed by atoms with van der Waals surface area (Å²) >= 11 is 6.32. The number of carbonyl (C=O) groups is 2. The Balaban J connectivity index is 1.87. The number of nitrogens with two attached hydrogens (primary N) is 1. The summed E-state index contributed by atoms with van der Waals surface area (Å²) < 4.78 is 5.41. The Bertz CT molecular complexity index is 1100. The molecule has 0 unspecified atom stereocenters. The second-order valence-corrected chi connectivity index (χ2v) is 7.94. The van der Waals surface area contributed by atoms with E-state index in [-0.39, 0.29) is 11.9 Å². The van der Waals surface area contributed by atoms with Gasteiger partial charge >= 0.3 is 0 Å². The molecule has 0 saturated heterocycles. The van der Waals surface area contributed by atoms with E-state index in [1.54, 1.807) is 36.3 Å². The molecule has 2 N–H and O–H groups in total. The van der Waals surface area contributed by atoms with Gasteiger partial charge in [0, 0.05) is 5.56 Å². The molecule has 0 radical (unpaired) electrons. The quantitative estimate of drug-likeness (QED) is 0.610. The van der Waals surface area contributed by atoms with Crippen LogP contribution in [-0.4, -0.2) is 23.8 Å². The molecule has 3 aromatic carbocycles. The van der Waals surface area contributed by atoms with Crippen molar-refractivity contribution in [2.24, 2.45) is 5.73 Å². The van der Waals surface area contributed by atoms with Crippen molar-refractivity contribution in [1.82, 2.24) is 4.90 Å². The second kappa shape index (κ2) is 8.82. The monoisotopic (exact) mass is 434 g/mol. The number of carbonyl (C=O) groups excluding carboxylic acids is 2. The van der Waals surface area contributed by atoms with Crippen LogP contribution in [0.25, 0.3) is 0 Å². The van der Waals surface area contributed by atoms with E-state index in [2.05, 4.69) is 0 Å². The van der Waals surface area contributed by atoms with Crippen LogP contribution >= 0.6 is 11.6 Å². The van der Waals surface area contributed by atoms with Crippen LogP contribution in [-0.2, 0) is 11.2 Å². The molecule has 0 heterocycles. The Hall–Kier alpha value is -3.31. The molecule has 6 heteroatoms. The number of aryl methyl sites for hydroxylation is 1. The summed E-state index contributed by atoms with van der Waals surface area (Å²) in [5, 5.41) is 0.525. The van der Waals surface area contributed by atoms with Gasteiger partial charge in [-0.2, -0.15) is 0 Å². The smallest absolute Gasteiger partial charge is 0.255 e. The molecule has 2 atom stereocenters. The van der Waals surface area contributed by atoms with E-state index >= 15 is 0 Å². The summed E-state index contributed by atoms with van der Waals surface area (Å²) in [6.07, 6.45) is 1.40. The van der Waals surface area contributed by atoms with Gasteiger partial charge in [0.1, 0.15) is 11.8 Å². The Morgan fingerprint density at radius 2 is 1.71 bits per heavy atom. The highest BCUT2D eigenvalue weighted by atomic mass is 35.5. The van der Waals surface area contributed by atoms with E-state index in [0.29, 0.717) is 28.3 Å². The fourth-order valence-corrected chi connectivity index (χ4v) is 4.56. The summed E-state index contributed by atoms with van der Waals surface area (Å²) in [4.78, 5) is 28.1. The minimum Gasteiger partial charge on any atom is -0.495 e. The lowest BCUT2D eigenvalue weighted by atomic mass is 9.98. The van der Waals surface area contributed by atoms with E-state index in [9.17, 15) is 9.59 Å². The SMILES string of the molecule is COc1cc2c(cc1Cl)CC[C@H]2N(C(=O)c1ccccc1)[C@@H](C(N)=O)c1ccccc1. The maximum absolute atomic E-state index is 13.7. The van der Waals surface area contributed by atoms with Crippen molar-refractivity contribution in [3.63, 3.8) is 0 Å². The number of hydrogen-bond acceptors (Lipinski definition) is 3. The number of halogens is 1. The highest BCUT2D eigenvalue weighted by Crippen LogP contribution is 2.44. The molecular weight excluding hydrogens is 412 g/mol. The van der Waals surface area contributed by atoms with Crippen molar-refractivity contribution in [3.05, 3.63) is 100 Å². The van der Waals surface area contributed by atoms with Gasteiger partial charge in [-0.25, -0.2) is 0 Å². The first kappa shape index (κ1) is 20.9. The van der Waals surface area contributed by atoms with Crippen LogP contribution in [0.2, 0.25) is 5.02 Å². The maximum Gasteiger partial charge on any atom is 0.255 e. The van der Waals surface area contributed by atoms with Crippen LogP contribution in [0, 0.1) is 0 Å². The molecule has 0 aromatic heterocycles. The Labute approximate surface area is 186 Å². The summed E-state index contributed by atoms with van der Waals surface area (Å²) in [5.41, 5.74) is 9.01. The minimum atomic E-state index is -0.911. The first-order chi connectivity index (χ1) is 15.0. The molecular formula is C25H23ClN2O3. The van der Waals surface area contributed by atoms with Gasteiger partial charge in [0.05, 0.1) is 18.2 Å². The Morgan fingerprint density at radius 3 is 2.32 bits per heavy atom. The molecule has 0 bridgehead atoms. The summed E-state index contributed by atoms with van der Waals surface area (Å²) in [6, 6.07) is 20.6. The van der Waals surface area contributed by atoms with Gasteiger partial charge in [-0.1, -0.05) is 60.1 Å². The van der Waals surface area contributed by atoms with Gasteiger partial charge in [0.25, 0.3) is 5.91 Å². The zero-order valence-corrected chi connectivity index (χ0v) is 17.9. The summed E-state index contributed by atoms with van der Waals surface area (Å²) in [5.74, 6) is -0.292. The van der Waals surface area contributed by atoms with Crippen molar-refractivity contribution >= 4 is 23.4 Å². The third kappa shape index (κ3) is 4.01. The van der Waals surface area contributed by atoms with Gasteiger partial charge < -0.3 is 15.4 Å². The van der Waals surface area contributed by atoms with Crippen LogP contribution in [0.5, 0.6) is 5.75 Å². The molecule has 4 rings (SSSR count). The summed E-state index contributed by atoms with van der Waals surface area (Å²) in [6.45, 7) is 0. The zero-order valence-electron chi connectivity index (χ0n) is 17.1. The predicted molar refractivity (Wildman–Crippen MR) is 120 cm³/mol. The van der Waals surface area contributed by atoms with Crippen molar-refractivity contribution < 1.29 is 14.3 Å². The molecule has 31 heavy (non-hydrogen) atoms. The molecule has 1 aliphatic rings. The van der Waals surface area contributed by atoms with Crippen LogP contribution in [0.4, 0.5) is 0 Å². The number of methoxy groups -OCH3 is 1. The topological polar surface area (TPSA) is 72.6 Å². The van der Waals surface area contributed by atoms with Crippen LogP contribution in [0.3, 0.4) is 0 Å². The lowest BCUT2D eigenvalue weighted by Gasteiger charge is -2.36. The predicted octanol–water partition coefficient (Wildman–Crippen LogP) is 4.70. The number of rotatable bonds is 6. The third-order valence-electron chi connectivity index (χ3n) is 5.71. The summed E-state index contributed by atoms with van der Waals surface area (Å²) in [7, 11) is 1.56. The van der Waals surface area contributed by atoms with Crippen molar-refractivity contribution in [1.29, 1.82) is 0 Å². The molecule has 0 spiro atoms. The van der Waals surface area contributed by atoms with Gasteiger partial charge in [0.15, 0.2) is 0 Å². The number of fused-ring (bicyclic) bond motifs is 1. The zero-order chi connectivity index (χ0) is 22.0. The van der Waals surface area contributed by atoms with Gasteiger partial charge in [-0.3, -0.25) is 9.59 Å². The van der Waals surface area contributed by atoms with Crippen LogP contribution < -0.4 is 10.5 Å². The average Bonchev–Trinajstić information content (AvgIpc) is 3.19. The highest BCUT2D eigenvalue weighted by molar-refractivity contribution is 6.32. The Morgan fingerprint density at radius 1 is 1.06 bits per heavy atom. The number of primary amides is 1. The molecule has 0 fully saturated rings. The number of hydrogen-bond donors (Lipinski definition) is 1. The highest BCUT2D eigenvalue weighted by Gasteiger charge is 2.39. The first-order valence-electron chi connectivity index (χ1n) is 10.1.